The van der Waals surface area contributed by atoms with Gasteiger partial charge in [-0.3, -0.25) is 9.78 Å². The molecule has 0 aliphatic rings. The Kier molecular flexibility index (Phi) is 3.81. The zero-order valence-electron chi connectivity index (χ0n) is 13.4. The van der Waals surface area contributed by atoms with Gasteiger partial charge in [-0.25, -0.2) is 0 Å². The number of nitrogens with two attached hydrogens (primary N) is 1. The van der Waals surface area contributed by atoms with Crippen molar-refractivity contribution in [1.29, 1.82) is 0 Å². The van der Waals surface area contributed by atoms with Crippen LogP contribution in [0.5, 0.6) is 0 Å². The first kappa shape index (κ1) is 15.7. The molecule has 0 radical (unpaired) electrons. The van der Waals surface area contributed by atoms with Crippen molar-refractivity contribution in [1.82, 2.24) is 4.98 Å². The van der Waals surface area contributed by atoms with E-state index < -0.39 is 0 Å². The van der Waals surface area contributed by atoms with E-state index in [2.05, 4.69) is 41.5 Å². The lowest BCUT2D eigenvalue weighted by Crippen LogP contribution is -2.26. The van der Waals surface area contributed by atoms with E-state index in [9.17, 15) is 4.79 Å². The molecule has 1 rings (SSSR count). The molecule has 0 bridgehead atoms. The first-order valence-corrected chi connectivity index (χ1v) is 6.69. The molecule has 19 heavy (non-hydrogen) atoms. The lowest BCUT2D eigenvalue weighted by Gasteiger charge is -2.28. The van der Waals surface area contributed by atoms with E-state index in [-0.39, 0.29) is 16.6 Å². The average Bonchev–Trinajstić information content (AvgIpc) is 2.17. The van der Waals surface area contributed by atoms with Gasteiger partial charge in [-0.1, -0.05) is 41.5 Å². The Morgan fingerprint density at radius 3 is 1.74 bits per heavy atom. The van der Waals surface area contributed by atoms with Gasteiger partial charge in [0.2, 0.25) is 0 Å². The van der Waals surface area contributed by atoms with Crippen LogP contribution in [0.3, 0.4) is 0 Å². The molecule has 0 aliphatic heterocycles. The van der Waals surface area contributed by atoms with Crippen molar-refractivity contribution in [3.05, 3.63) is 22.5 Å². The molecule has 0 fully saturated rings. The number of hydrogen-bond donors (Lipinski definition) is 1. The van der Waals surface area contributed by atoms with Gasteiger partial charge in [0.15, 0.2) is 5.78 Å². The van der Waals surface area contributed by atoms with Crippen molar-refractivity contribution in [3.63, 3.8) is 0 Å². The SMILES string of the molecule is CC(=O)c1c(C(C)(C)C)nc(C(C)(C)C)c(N)c1C. The zero-order valence-corrected chi connectivity index (χ0v) is 13.4. The van der Waals surface area contributed by atoms with Crippen LogP contribution in [0, 0.1) is 6.92 Å². The minimum absolute atomic E-state index is 0.0297. The van der Waals surface area contributed by atoms with Gasteiger partial charge in [0.25, 0.3) is 0 Å². The van der Waals surface area contributed by atoms with Crippen molar-refractivity contribution in [2.45, 2.75) is 66.2 Å². The predicted molar refractivity (Wildman–Crippen MR) is 80.8 cm³/mol. The lowest BCUT2D eigenvalue weighted by molar-refractivity contribution is 0.101. The van der Waals surface area contributed by atoms with Crippen LogP contribution in [-0.4, -0.2) is 10.8 Å². The zero-order chi connectivity index (χ0) is 15.2. The molecule has 3 heteroatoms. The summed E-state index contributed by atoms with van der Waals surface area (Å²) >= 11 is 0. The van der Waals surface area contributed by atoms with E-state index in [1.165, 1.54) is 0 Å². The molecule has 3 nitrogen and oxygen atoms in total. The van der Waals surface area contributed by atoms with Crippen molar-refractivity contribution >= 4 is 11.5 Å². The molecule has 0 saturated heterocycles. The fourth-order valence-corrected chi connectivity index (χ4v) is 2.26. The third-order valence-electron chi connectivity index (χ3n) is 3.27. The Bertz CT molecular complexity index is 517. The van der Waals surface area contributed by atoms with Gasteiger partial charge in [0.1, 0.15) is 0 Å². The second kappa shape index (κ2) is 4.62. The number of anilines is 1. The van der Waals surface area contributed by atoms with E-state index >= 15 is 0 Å². The number of Topliss-reactive ketones (excluding diaryl/α,β-unsaturated/α-hetero) is 1. The second-order valence-corrected chi connectivity index (χ2v) is 7.28. The van der Waals surface area contributed by atoms with Crippen LogP contribution in [0.2, 0.25) is 0 Å². The Labute approximate surface area is 116 Å². The van der Waals surface area contributed by atoms with Crippen LogP contribution in [0.1, 0.15) is 75.8 Å². The molecule has 106 valence electrons. The maximum absolute atomic E-state index is 12.0. The molecule has 1 heterocycles. The number of rotatable bonds is 1. The molecular weight excluding hydrogens is 236 g/mol. The predicted octanol–water partition coefficient (Wildman–Crippen LogP) is 3.77. The third-order valence-corrected chi connectivity index (χ3v) is 3.27. The summed E-state index contributed by atoms with van der Waals surface area (Å²) in [5.74, 6) is 0.0297. The first-order chi connectivity index (χ1) is 8.37. The van der Waals surface area contributed by atoms with Crippen LogP contribution < -0.4 is 5.73 Å². The lowest BCUT2D eigenvalue weighted by atomic mass is 9.82. The summed E-state index contributed by atoms with van der Waals surface area (Å²) in [6, 6.07) is 0. The summed E-state index contributed by atoms with van der Waals surface area (Å²) in [4.78, 5) is 16.7. The van der Waals surface area contributed by atoms with E-state index in [4.69, 9.17) is 10.7 Å². The number of ketones is 1. The van der Waals surface area contributed by atoms with E-state index in [1.54, 1.807) is 6.92 Å². The summed E-state index contributed by atoms with van der Waals surface area (Å²) in [6.07, 6.45) is 0. The molecule has 0 saturated carbocycles. The fraction of sp³-hybridized carbons (Fsp3) is 0.625. The number of nitrogen functional groups attached to an aromatic ring is 1. The monoisotopic (exact) mass is 262 g/mol. The van der Waals surface area contributed by atoms with Crippen LogP contribution in [0.15, 0.2) is 0 Å². The third kappa shape index (κ3) is 2.96. The standard InChI is InChI=1S/C16H26N2O/c1-9-11(10(2)19)13(15(3,4)5)18-14(12(9)17)16(6,7)8/h17H2,1-8H3. The Morgan fingerprint density at radius 1 is 1.00 bits per heavy atom. The van der Waals surface area contributed by atoms with Gasteiger partial charge < -0.3 is 5.73 Å². The Hall–Kier alpha value is -1.38. The summed E-state index contributed by atoms with van der Waals surface area (Å²) in [6.45, 7) is 16.0. The van der Waals surface area contributed by atoms with Crippen LogP contribution in [-0.2, 0) is 10.8 Å². The van der Waals surface area contributed by atoms with Crippen molar-refractivity contribution in [2.24, 2.45) is 0 Å². The number of aromatic nitrogens is 1. The number of carbonyl (C=O) groups is 1. The molecule has 0 unspecified atom stereocenters. The normalized spacial score (nSPS) is 12.6. The van der Waals surface area contributed by atoms with Crippen molar-refractivity contribution in [3.8, 4) is 0 Å². The van der Waals surface area contributed by atoms with E-state index in [0.717, 1.165) is 17.0 Å². The number of carbonyl (C=O) groups excluding carboxylic acids is 1. The maximum Gasteiger partial charge on any atom is 0.161 e. The molecule has 1 aromatic heterocycles. The average molecular weight is 262 g/mol. The van der Waals surface area contributed by atoms with Gasteiger partial charge in [0, 0.05) is 16.4 Å². The highest BCUT2D eigenvalue weighted by Gasteiger charge is 2.29. The Balaban J connectivity index is 3.80. The molecule has 0 aromatic carbocycles. The summed E-state index contributed by atoms with van der Waals surface area (Å²) < 4.78 is 0. The van der Waals surface area contributed by atoms with Gasteiger partial charge in [-0.2, -0.15) is 0 Å². The summed E-state index contributed by atoms with van der Waals surface area (Å²) in [7, 11) is 0. The highest BCUT2D eigenvalue weighted by atomic mass is 16.1. The highest BCUT2D eigenvalue weighted by molar-refractivity contribution is 5.98. The molecular formula is C16H26N2O. The largest absolute Gasteiger partial charge is 0.397 e. The quantitative estimate of drug-likeness (QED) is 0.784. The molecule has 1 aromatic rings. The summed E-state index contributed by atoms with van der Waals surface area (Å²) in [5.41, 5.74) is 9.79. The molecule has 0 atom stereocenters. The fourth-order valence-electron chi connectivity index (χ4n) is 2.26. The first-order valence-electron chi connectivity index (χ1n) is 6.69. The van der Waals surface area contributed by atoms with Gasteiger partial charge in [0.05, 0.1) is 17.1 Å². The van der Waals surface area contributed by atoms with E-state index in [1.807, 2.05) is 6.92 Å². The molecule has 0 amide bonds. The minimum Gasteiger partial charge on any atom is -0.397 e. The van der Waals surface area contributed by atoms with Crippen LogP contribution >= 0.6 is 0 Å². The van der Waals surface area contributed by atoms with Crippen LogP contribution in [0.4, 0.5) is 5.69 Å². The van der Waals surface area contributed by atoms with Crippen LogP contribution in [0.25, 0.3) is 0 Å². The second-order valence-electron chi connectivity index (χ2n) is 7.28. The molecule has 0 aliphatic carbocycles. The number of hydrogen-bond acceptors (Lipinski definition) is 3. The number of pyridine rings is 1. The van der Waals surface area contributed by atoms with Crippen molar-refractivity contribution < 1.29 is 4.79 Å². The highest BCUT2D eigenvalue weighted by Crippen LogP contribution is 2.35. The van der Waals surface area contributed by atoms with Gasteiger partial charge >= 0.3 is 0 Å². The van der Waals surface area contributed by atoms with E-state index in [0.29, 0.717) is 11.3 Å². The maximum atomic E-state index is 12.0. The minimum atomic E-state index is -0.181. The van der Waals surface area contributed by atoms with Crippen molar-refractivity contribution in [2.75, 3.05) is 5.73 Å². The summed E-state index contributed by atoms with van der Waals surface area (Å²) in [5, 5.41) is 0. The number of nitrogens with zero attached hydrogens (tertiary/aromatic N) is 1. The van der Waals surface area contributed by atoms with Gasteiger partial charge in [-0.15, -0.1) is 0 Å². The molecule has 2 N–H and O–H groups in total. The van der Waals surface area contributed by atoms with Gasteiger partial charge in [-0.05, 0) is 19.4 Å². The smallest absolute Gasteiger partial charge is 0.161 e. The molecule has 0 spiro atoms. The topological polar surface area (TPSA) is 56.0 Å². The Morgan fingerprint density at radius 2 is 1.42 bits per heavy atom.